The zero-order chi connectivity index (χ0) is 20.4. The lowest BCUT2D eigenvalue weighted by Gasteiger charge is -2.25. The lowest BCUT2D eigenvalue weighted by Crippen LogP contribution is -2.30. The van der Waals surface area contributed by atoms with E-state index in [0.29, 0.717) is 12.2 Å². The maximum absolute atomic E-state index is 12.8. The smallest absolute Gasteiger partial charge is 0.229 e. The van der Waals surface area contributed by atoms with Crippen molar-refractivity contribution in [2.24, 2.45) is 13.0 Å². The summed E-state index contributed by atoms with van der Waals surface area (Å²) < 4.78 is 1.93. The Balaban J connectivity index is 1.45. The molecule has 6 nitrogen and oxygen atoms in total. The van der Waals surface area contributed by atoms with Gasteiger partial charge in [0.15, 0.2) is 0 Å². The van der Waals surface area contributed by atoms with Crippen LogP contribution in [0.2, 0.25) is 0 Å². The van der Waals surface area contributed by atoms with Gasteiger partial charge in [0.25, 0.3) is 0 Å². The topological polar surface area (TPSA) is 67.2 Å². The van der Waals surface area contributed by atoms with E-state index in [4.69, 9.17) is 0 Å². The number of imidazole rings is 1. The fraction of sp³-hybridized carbons (Fsp3) is 0.261. The third kappa shape index (κ3) is 3.92. The number of hydrogen-bond acceptors (Lipinski definition) is 3. The van der Waals surface area contributed by atoms with Gasteiger partial charge < -0.3 is 14.8 Å². The summed E-state index contributed by atoms with van der Waals surface area (Å²) in [6, 6.07) is 17.5. The molecule has 0 bridgehead atoms. The molecule has 6 heteroatoms. The summed E-state index contributed by atoms with van der Waals surface area (Å²) in [5, 5.41) is 2.97. The van der Waals surface area contributed by atoms with Crippen molar-refractivity contribution >= 4 is 17.5 Å². The molecule has 3 aromatic rings. The highest BCUT2D eigenvalue weighted by molar-refractivity contribution is 5.97. The predicted octanol–water partition coefficient (Wildman–Crippen LogP) is 3.64. The van der Waals surface area contributed by atoms with Crippen molar-refractivity contribution in [3.05, 3.63) is 72.6 Å². The maximum Gasteiger partial charge on any atom is 0.229 e. The molecule has 0 aliphatic carbocycles. The average Bonchev–Trinajstić information content (AvgIpc) is 3.34. The predicted molar refractivity (Wildman–Crippen MR) is 112 cm³/mol. The number of hydrogen-bond donors (Lipinski definition) is 1. The number of amides is 2. The third-order valence-electron chi connectivity index (χ3n) is 5.49. The molecule has 29 heavy (non-hydrogen) atoms. The fourth-order valence-corrected chi connectivity index (χ4v) is 3.82. The van der Waals surface area contributed by atoms with Crippen molar-refractivity contribution in [1.82, 2.24) is 14.5 Å². The van der Waals surface area contributed by atoms with E-state index in [1.807, 2.05) is 79.3 Å². The Morgan fingerprint density at radius 2 is 1.97 bits per heavy atom. The Bertz CT molecular complexity index is 1030. The Kier molecular flexibility index (Phi) is 5.16. The number of nitrogens with one attached hydrogen (secondary N) is 1. The molecule has 1 fully saturated rings. The summed E-state index contributed by atoms with van der Waals surface area (Å²) in [6.45, 7) is 2.43. The number of aryl methyl sites for hydroxylation is 1. The first-order valence-corrected chi connectivity index (χ1v) is 9.76. The minimum atomic E-state index is -0.356. The van der Waals surface area contributed by atoms with Crippen molar-refractivity contribution in [3.63, 3.8) is 0 Å². The van der Waals surface area contributed by atoms with E-state index in [1.165, 1.54) is 0 Å². The monoisotopic (exact) mass is 388 g/mol. The van der Waals surface area contributed by atoms with Gasteiger partial charge in [-0.15, -0.1) is 0 Å². The van der Waals surface area contributed by atoms with Crippen LogP contribution in [-0.4, -0.2) is 32.8 Å². The van der Waals surface area contributed by atoms with Gasteiger partial charge in [-0.05, 0) is 24.6 Å². The van der Waals surface area contributed by atoms with Gasteiger partial charge in [0, 0.05) is 43.7 Å². The van der Waals surface area contributed by atoms with Crippen LogP contribution in [0.1, 0.15) is 24.9 Å². The summed E-state index contributed by atoms with van der Waals surface area (Å²) in [4.78, 5) is 31.5. The number of nitrogens with zero attached hydrogens (tertiary/aromatic N) is 3. The zero-order valence-corrected chi connectivity index (χ0v) is 16.6. The van der Waals surface area contributed by atoms with Crippen molar-refractivity contribution in [1.29, 1.82) is 0 Å². The minimum Gasteiger partial charge on any atom is -0.335 e. The molecule has 2 aromatic carbocycles. The van der Waals surface area contributed by atoms with E-state index in [-0.39, 0.29) is 30.2 Å². The van der Waals surface area contributed by atoms with Crippen molar-refractivity contribution in [2.75, 3.05) is 11.9 Å². The van der Waals surface area contributed by atoms with E-state index in [1.54, 1.807) is 11.1 Å². The van der Waals surface area contributed by atoms with E-state index in [2.05, 4.69) is 10.3 Å². The lowest BCUT2D eigenvalue weighted by atomic mass is 10.1. The molecule has 2 heterocycles. The first-order chi connectivity index (χ1) is 14.0. The number of benzene rings is 2. The Labute approximate surface area is 170 Å². The maximum atomic E-state index is 12.8. The molecular formula is C23H24N4O2. The van der Waals surface area contributed by atoms with E-state index in [9.17, 15) is 9.59 Å². The third-order valence-corrected chi connectivity index (χ3v) is 5.49. The number of likely N-dealkylation sites (tertiary alicyclic amines) is 1. The molecule has 1 aromatic heterocycles. The van der Waals surface area contributed by atoms with Crippen LogP contribution in [0, 0.1) is 5.92 Å². The van der Waals surface area contributed by atoms with Gasteiger partial charge in [0.1, 0.15) is 5.82 Å². The Hall–Kier alpha value is -3.41. The van der Waals surface area contributed by atoms with Crippen molar-refractivity contribution in [2.45, 2.75) is 19.4 Å². The van der Waals surface area contributed by atoms with Gasteiger partial charge in [-0.1, -0.05) is 42.5 Å². The SMILES string of the molecule is CC(c1ccccc1)N1CC(C(=O)Nc2cccc(-c3nccn3C)c2)CC1=O. The van der Waals surface area contributed by atoms with Crippen LogP contribution in [0.3, 0.4) is 0 Å². The van der Waals surface area contributed by atoms with E-state index >= 15 is 0 Å². The highest BCUT2D eigenvalue weighted by atomic mass is 16.2. The Morgan fingerprint density at radius 3 is 2.69 bits per heavy atom. The van der Waals surface area contributed by atoms with Gasteiger partial charge in [0.2, 0.25) is 11.8 Å². The summed E-state index contributed by atoms with van der Waals surface area (Å²) >= 11 is 0. The number of carbonyl (C=O) groups is 2. The molecule has 148 valence electrons. The number of rotatable bonds is 5. The normalized spacial score (nSPS) is 17.4. The zero-order valence-electron chi connectivity index (χ0n) is 16.6. The van der Waals surface area contributed by atoms with Gasteiger partial charge >= 0.3 is 0 Å². The summed E-state index contributed by atoms with van der Waals surface area (Å²) in [5.74, 6) is 0.367. The molecular weight excluding hydrogens is 364 g/mol. The standard InChI is InChI=1S/C23H24N4O2/c1-16(17-7-4-3-5-8-17)27-15-19(14-21(27)28)23(29)25-20-10-6-9-18(13-20)22-24-11-12-26(22)2/h3-13,16,19H,14-15H2,1-2H3,(H,25,29). The van der Waals surface area contributed by atoms with Crippen LogP contribution in [-0.2, 0) is 16.6 Å². The molecule has 2 atom stereocenters. The van der Waals surface area contributed by atoms with Gasteiger partial charge in [-0.25, -0.2) is 4.98 Å². The second-order valence-corrected chi connectivity index (χ2v) is 7.47. The van der Waals surface area contributed by atoms with E-state index in [0.717, 1.165) is 17.0 Å². The number of carbonyl (C=O) groups excluding carboxylic acids is 2. The van der Waals surface area contributed by atoms with Crippen LogP contribution in [0.5, 0.6) is 0 Å². The summed E-state index contributed by atoms with van der Waals surface area (Å²) in [6.07, 6.45) is 3.86. The number of anilines is 1. The largest absolute Gasteiger partial charge is 0.335 e. The molecule has 2 amide bonds. The molecule has 1 aliphatic rings. The highest BCUT2D eigenvalue weighted by Gasteiger charge is 2.37. The van der Waals surface area contributed by atoms with E-state index < -0.39 is 0 Å². The van der Waals surface area contributed by atoms with Crippen LogP contribution >= 0.6 is 0 Å². The van der Waals surface area contributed by atoms with Crippen LogP contribution in [0.15, 0.2) is 67.0 Å². The first-order valence-electron chi connectivity index (χ1n) is 9.76. The summed E-state index contributed by atoms with van der Waals surface area (Å²) in [5.41, 5.74) is 2.71. The van der Waals surface area contributed by atoms with Gasteiger partial charge in [-0.3, -0.25) is 9.59 Å². The highest BCUT2D eigenvalue weighted by Crippen LogP contribution is 2.29. The van der Waals surface area contributed by atoms with Crippen LogP contribution in [0.25, 0.3) is 11.4 Å². The molecule has 1 N–H and O–H groups in total. The summed E-state index contributed by atoms with van der Waals surface area (Å²) in [7, 11) is 1.93. The fourth-order valence-electron chi connectivity index (χ4n) is 3.82. The first kappa shape index (κ1) is 18.9. The van der Waals surface area contributed by atoms with Crippen LogP contribution in [0.4, 0.5) is 5.69 Å². The van der Waals surface area contributed by atoms with Crippen LogP contribution < -0.4 is 5.32 Å². The van der Waals surface area contributed by atoms with Crippen molar-refractivity contribution in [3.8, 4) is 11.4 Å². The van der Waals surface area contributed by atoms with Gasteiger partial charge in [-0.2, -0.15) is 0 Å². The quantitative estimate of drug-likeness (QED) is 0.726. The number of aromatic nitrogens is 2. The lowest BCUT2D eigenvalue weighted by molar-refractivity contribution is -0.129. The second kappa shape index (κ2) is 7.91. The molecule has 1 aliphatic heterocycles. The molecule has 1 saturated heterocycles. The molecule has 0 saturated carbocycles. The molecule has 2 unspecified atom stereocenters. The Morgan fingerprint density at radius 1 is 1.17 bits per heavy atom. The molecule has 0 radical (unpaired) electrons. The minimum absolute atomic E-state index is 0.0169. The average molecular weight is 388 g/mol. The molecule has 4 rings (SSSR count). The molecule has 0 spiro atoms. The van der Waals surface area contributed by atoms with Gasteiger partial charge in [0.05, 0.1) is 12.0 Å². The second-order valence-electron chi connectivity index (χ2n) is 7.47. The van der Waals surface area contributed by atoms with Crippen molar-refractivity contribution < 1.29 is 9.59 Å².